The first-order chi connectivity index (χ1) is 11.7. The zero-order valence-corrected chi connectivity index (χ0v) is 13.9. The Balaban J connectivity index is 1.77. The molecule has 1 N–H and O–H groups in total. The van der Waals surface area contributed by atoms with Gasteiger partial charge in [0.2, 0.25) is 0 Å². The van der Waals surface area contributed by atoms with Crippen LogP contribution in [0.15, 0.2) is 48.5 Å². The number of rotatable bonds is 5. The summed E-state index contributed by atoms with van der Waals surface area (Å²) in [6.07, 6.45) is 1.71. The number of carbonyl (C=O) groups is 1. The second kappa shape index (κ2) is 7.49. The van der Waals surface area contributed by atoms with Crippen LogP contribution >= 0.6 is 0 Å². The van der Waals surface area contributed by atoms with Gasteiger partial charge in [-0.25, -0.2) is 0 Å². The molecular formula is C20H23NO3. The standard InChI is InChI=1S/C20H23NO3/c1-24-19-12-16(15-6-3-2-4-7-15)9-10-17(19)13-21-11-5-8-18(14-21)20(22)23/h2-4,6-7,9-10,12,18H,5,8,11,13-14H2,1H3,(H,22,23). The van der Waals surface area contributed by atoms with Crippen molar-refractivity contribution in [2.75, 3.05) is 20.2 Å². The van der Waals surface area contributed by atoms with Gasteiger partial charge in [-0.15, -0.1) is 0 Å². The molecule has 0 saturated carbocycles. The molecule has 1 saturated heterocycles. The van der Waals surface area contributed by atoms with Gasteiger partial charge in [-0.3, -0.25) is 9.69 Å². The van der Waals surface area contributed by atoms with Crippen molar-refractivity contribution in [3.8, 4) is 16.9 Å². The predicted molar refractivity (Wildman–Crippen MR) is 94.1 cm³/mol. The second-order valence-corrected chi connectivity index (χ2v) is 6.31. The van der Waals surface area contributed by atoms with Gasteiger partial charge in [-0.1, -0.05) is 42.5 Å². The monoisotopic (exact) mass is 325 g/mol. The van der Waals surface area contributed by atoms with E-state index in [1.165, 1.54) is 0 Å². The van der Waals surface area contributed by atoms with Crippen molar-refractivity contribution in [3.05, 3.63) is 54.1 Å². The Labute approximate surface area is 142 Å². The van der Waals surface area contributed by atoms with Crippen molar-refractivity contribution in [2.45, 2.75) is 19.4 Å². The van der Waals surface area contributed by atoms with E-state index >= 15 is 0 Å². The van der Waals surface area contributed by atoms with Crippen LogP contribution in [0.3, 0.4) is 0 Å². The fourth-order valence-electron chi connectivity index (χ4n) is 3.33. The number of ether oxygens (including phenoxy) is 1. The van der Waals surface area contributed by atoms with Gasteiger partial charge in [0.1, 0.15) is 5.75 Å². The van der Waals surface area contributed by atoms with E-state index in [2.05, 4.69) is 35.2 Å². The number of aliphatic carboxylic acids is 1. The maximum atomic E-state index is 11.2. The summed E-state index contributed by atoms with van der Waals surface area (Å²) in [6.45, 7) is 2.27. The summed E-state index contributed by atoms with van der Waals surface area (Å²) in [5.74, 6) is -0.0896. The Morgan fingerprint density at radius 3 is 2.71 bits per heavy atom. The highest BCUT2D eigenvalue weighted by Crippen LogP contribution is 2.29. The molecule has 1 atom stereocenters. The van der Waals surface area contributed by atoms with E-state index < -0.39 is 5.97 Å². The number of hydrogen-bond acceptors (Lipinski definition) is 3. The summed E-state index contributed by atoms with van der Waals surface area (Å²) < 4.78 is 5.58. The molecule has 24 heavy (non-hydrogen) atoms. The number of benzene rings is 2. The van der Waals surface area contributed by atoms with E-state index in [0.29, 0.717) is 6.54 Å². The predicted octanol–water partition coefficient (Wildman–Crippen LogP) is 3.66. The third-order valence-corrected chi connectivity index (χ3v) is 4.64. The van der Waals surface area contributed by atoms with Crippen LogP contribution in [0, 0.1) is 5.92 Å². The molecule has 0 radical (unpaired) electrons. The quantitative estimate of drug-likeness (QED) is 0.911. The molecule has 126 valence electrons. The number of methoxy groups -OCH3 is 1. The highest BCUT2D eigenvalue weighted by atomic mass is 16.5. The van der Waals surface area contributed by atoms with Crippen molar-refractivity contribution in [2.24, 2.45) is 5.92 Å². The molecule has 0 amide bonds. The molecule has 1 unspecified atom stereocenters. The zero-order chi connectivity index (χ0) is 16.9. The van der Waals surface area contributed by atoms with Crippen LogP contribution in [0.25, 0.3) is 11.1 Å². The second-order valence-electron chi connectivity index (χ2n) is 6.31. The molecular weight excluding hydrogens is 302 g/mol. The van der Waals surface area contributed by atoms with E-state index in [1.807, 2.05) is 18.2 Å². The normalized spacial score (nSPS) is 18.3. The molecule has 4 nitrogen and oxygen atoms in total. The number of piperidine rings is 1. The average Bonchev–Trinajstić information content (AvgIpc) is 2.63. The van der Waals surface area contributed by atoms with Gasteiger partial charge >= 0.3 is 5.97 Å². The fraction of sp³-hybridized carbons (Fsp3) is 0.350. The number of hydrogen-bond donors (Lipinski definition) is 1. The van der Waals surface area contributed by atoms with E-state index in [1.54, 1.807) is 7.11 Å². The third kappa shape index (κ3) is 3.77. The molecule has 4 heteroatoms. The summed E-state index contributed by atoms with van der Waals surface area (Å²) >= 11 is 0. The van der Waals surface area contributed by atoms with Gasteiger partial charge < -0.3 is 9.84 Å². The molecule has 0 aliphatic carbocycles. The third-order valence-electron chi connectivity index (χ3n) is 4.64. The highest BCUT2D eigenvalue weighted by Gasteiger charge is 2.25. The highest BCUT2D eigenvalue weighted by molar-refractivity contribution is 5.70. The first kappa shape index (κ1) is 16.5. The number of nitrogens with zero attached hydrogens (tertiary/aromatic N) is 1. The van der Waals surface area contributed by atoms with Gasteiger partial charge in [0, 0.05) is 18.7 Å². The number of carboxylic acids is 1. The summed E-state index contributed by atoms with van der Waals surface area (Å²) in [5, 5.41) is 9.23. The number of likely N-dealkylation sites (tertiary alicyclic amines) is 1. The van der Waals surface area contributed by atoms with E-state index in [4.69, 9.17) is 4.74 Å². The Kier molecular flexibility index (Phi) is 5.16. The minimum absolute atomic E-state index is 0.256. The molecule has 1 fully saturated rings. The van der Waals surface area contributed by atoms with E-state index in [9.17, 15) is 9.90 Å². The summed E-state index contributed by atoms with van der Waals surface area (Å²) in [4.78, 5) is 13.4. The van der Waals surface area contributed by atoms with Crippen LogP contribution in [0.2, 0.25) is 0 Å². The summed E-state index contributed by atoms with van der Waals surface area (Å²) in [7, 11) is 1.68. The van der Waals surface area contributed by atoms with Crippen molar-refractivity contribution >= 4 is 5.97 Å². The number of carboxylic acid groups (broad SMARTS) is 1. The van der Waals surface area contributed by atoms with Crippen LogP contribution in [0.4, 0.5) is 0 Å². The average molecular weight is 325 g/mol. The van der Waals surface area contributed by atoms with Crippen LogP contribution in [0.5, 0.6) is 5.75 Å². The summed E-state index contributed by atoms with van der Waals surface area (Å²) in [6, 6.07) is 16.5. The molecule has 0 aromatic heterocycles. The van der Waals surface area contributed by atoms with Crippen LogP contribution in [0.1, 0.15) is 18.4 Å². The van der Waals surface area contributed by atoms with E-state index in [-0.39, 0.29) is 5.92 Å². The van der Waals surface area contributed by atoms with Crippen molar-refractivity contribution < 1.29 is 14.6 Å². The van der Waals surface area contributed by atoms with Gasteiger partial charge in [0.15, 0.2) is 0 Å². The lowest BCUT2D eigenvalue weighted by Crippen LogP contribution is -2.38. The summed E-state index contributed by atoms with van der Waals surface area (Å²) in [5.41, 5.74) is 3.38. The van der Waals surface area contributed by atoms with Crippen molar-refractivity contribution in [1.82, 2.24) is 4.90 Å². The molecule has 3 rings (SSSR count). The SMILES string of the molecule is COc1cc(-c2ccccc2)ccc1CN1CCCC(C(=O)O)C1. The minimum atomic E-state index is -0.689. The van der Waals surface area contributed by atoms with E-state index in [0.717, 1.165) is 48.4 Å². The first-order valence-electron chi connectivity index (χ1n) is 8.35. The van der Waals surface area contributed by atoms with Crippen LogP contribution in [-0.2, 0) is 11.3 Å². The lowest BCUT2D eigenvalue weighted by atomic mass is 9.97. The fourth-order valence-corrected chi connectivity index (χ4v) is 3.33. The van der Waals surface area contributed by atoms with Gasteiger partial charge in [0.05, 0.1) is 13.0 Å². The van der Waals surface area contributed by atoms with Crippen LogP contribution < -0.4 is 4.74 Å². The van der Waals surface area contributed by atoms with Gasteiger partial charge in [-0.05, 0) is 36.6 Å². The lowest BCUT2D eigenvalue weighted by molar-refractivity contribution is -0.143. The van der Waals surface area contributed by atoms with Crippen molar-refractivity contribution in [3.63, 3.8) is 0 Å². The molecule has 0 bridgehead atoms. The maximum Gasteiger partial charge on any atom is 0.307 e. The smallest absolute Gasteiger partial charge is 0.307 e. The maximum absolute atomic E-state index is 11.2. The molecule has 1 aliphatic heterocycles. The van der Waals surface area contributed by atoms with Gasteiger partial charge in [0.25, 0.3) is 0 Å². The molecule has 2 aromatic carbocycles. The molecule has 1 aliphatic rings. The zero-order valence-electron chi connectivity index (χ0n) is 13.9. The van der Waals surface area contributed by atoms with Crippen molar-refractivity contribution in [1.29, 1.82) is 0 Å². The van der Waals surface area contributed by atoms with Gasteiger partial charge in [-0.2, -0.15) is 0 Å². The Morgan fingerprint density at radius 1 is 1.21 bits per heavy atom. The largest absolute Gasteiger partial charge is 0.496 e. The lowest BCUT2D eigenvalue weighted by Gasteiger charge is -2.31. The topological polar surface area (TPSA) is 49.8 Å². The molecule has 1 heterocycles. The minimum Gasteiger partial charge on any atom is -0.496 e. The Bertz CT molecular complexity index is 699. The molecule has 0 spiro atoms. The first-order valence-corrected chi connectivity index (χ1v) is 8.35. The van der Waals surface area contributed by atoms with Crippen LogP contribution in [-0.4, -0.2) is 36.2 Å². The Hall–Kier alpha value is -2.33. The molecule has 2 aromatic rings. The Morgan fingerprint density at radius 2 is 2.00 bits per heavy atom.